The third kappa shape index (κ3) is 3.37. The Kier molecular flexibility index (Phi) is 4.11. The van der Waals surface area contributed by atoms with Gasteiger partial charge in [0.05, 0.1) is 5.92 Å². The lowest BCUT2D eigenvalue weighted by molar-refractivity contribution is -0.126. The van der Waals surface area contributed by atoms with Crippen LogP contribution < -0.4 is 10.1 Å². The minimum Gasteiger partial charge on any atom is -0.492 e. The van der Waals surface area contributed by atoms with Crippen molar-refractivity contribution >= 4 is 17.5 Å². The fourth-order valence-corrected chi connectivity index (χ4v) is 2.66. The highest BCUT2D eigenvalue weighted by Crippen LogP contribution is 2.29. The van der Waals surface area contributed by atoms with Crippen molar-refractivity contribution in [3.05, 3.63) is 64.7 Å². The molecule has 0 radical (unpaired) electrons. The Morgan fingerprint density at radius 3 is 2.86 bits per heavy atom. The Morgan fingerprint density at radius 2 is 2.05 bits per heavy atom. The lowest BCUT2D eigenvalue weighted by Gasteiger charge is -2.24. The number of hydrogen-bond donors (Lipinski definition) is 1. The van der Waals surface area contributed by atoms with Gasteiger partial charge in [-0.15, -0.1) is 0 Å². The molecule has 1 amide bonds. The molecule has 0 aliphatic carbocycles. The van der Waals surface area contributed by atoms with Gasteiger partial charge in [-0.3, -0.25) is 4.79 Å². The molecule has 0 saturated carbocycles. The Hall–Kier alpha value is -2.00. The number of nitrogens with one attached hydrogen (secondary N) is 1. The highest BCUT2D eigenvalue weighted by Gasteiger charge is 2.25. The molecule has 1 atom stereocenters. The van der Waals surface area contributed by atoms with E-state index in [0.29, 0.717) is 24.6 Å². The van der Waals surface area contributed by atoms with Crippen LogP contribution in [0.4, 0.5) is 0 Å². The molecular weight excluding hydrogens is 286 g/mol. The lowest BCUT2D eigenvalue weighted by Crippen LogP contribution is -2.37. The number of amides is 1. The summed E-state index contributed by atoms with van der Waals surface area (Å²) in [5, 5.41) is 3.63. The summed E-state index contributed by atoms with van der Waals surface area (Å²) in [6.45, 7) is 0.952. The first kappa shape index (κ1) is 14.0. The monoisotopic (exact) mass is 301 g/mol. The summed E-state index contributed by atoms with van der Waals surface area (Å²) in [6, 6.07) is 15.4. The molecule has 2 aromatic rings. The Bertz CT molecular complexity index is 642. The number of rotatable bonds is 3. The fourth-order valence-electron chi connectivity index (χ4n) is 2.46. The third-order valence-corrected chi connectivity index (χ3v) is 3.84. The van der Waals surface area contributed by atoms with E-state index in [4.69, 9.17) is 16.3 Å². The van der Waals surface area contributed by atoms with Crippen LogP contribution in [0.1, 0.15) is 11.1 Å². The maximum atomic E-state index is 12.2. The van der Waals surface area contributed by atoms with Crippen LogP contribution in [0.2, 0.25) is 5.02 Å². The average molecular weight is 302 g/mol. The van der Waals surface area contributed by atoms with Crippen molar-refractivity contribution in [1.29, 1.82) is 0 Å². The minimum atomic E-state index is -0.167. The number of benzene rings is 2. The van der Waals surface area contributed by atoms with Gasteiger partial charge in [0.25, 0.3) is 0 Å². The van der Waals surface area contributed by atoms with Crippen molar-refractivity contribution in [2.24, 2.45) is 5.92 Å². The first-order chi connectivity index (χ1) is 10.2. The smallest absolute Gasteiger partial charge is 0.227 e. The molecule has 2 aromatic carbocycles. The van der Waals surface area contributed by atoms with Crippen LogP contribution in [-0.4, -0.2) is 12.5 Å². The standard InChI is InChI=1S/C17H16ClNO2/c18-15-6-7-16-13(9-15)8-14(11-21-16)17(20)19-10-12-4-2-1-3-5-12/h1-7,9,14H,8,10-11H2,(H,19,20)/t14-/m0/s1. The van der Waals surface area contributed by atoms with E-state index in [1.54, 1.807) is 6.07 Å². The van der Waals surface area contributed by atoms with Gasteiger partial charge in [-0.25, -0.2) is 0 Å². The summed E-state index contributed by atoms with van der Waals surface area (Å²) in [4.78, 5) is 12.2. The van der Waals surface area contributed by atoms with Crippen LogP contribution in [0.3, 0.4) is 0 Å². The summed E-state index contributed by atoms with van der Waals surface area (Å²) in [6.07, 6.45) is 0.663. The highest BCUT2D eigenvalue weighted by molar-refractivity contribution is 6.30. The molecular formula is C17H16ClNO2. The van der Waals surface area contributed by atoms with Gasteiger partial charge in [-0.05, 0) is 35.7 Å². The normalized spacial score (nSPS) is 16.7. The molecule has 108 valence electrons. The summed E-state index contributed by atoms with van der Waals surface area (Å²) < 4.78 is 5.64. The van der Waals surface area contributed by atoms with Crippen molar-refractivity contribution in [1.82, 2.24) is 5.32 Å². The third-order valence-electron chi connectivity index (χ3n) is 3.61. The van der Waals surface area contributed by atoms with E-state index in [9.17, 15) is 4.79 Å². The number of halogens is 1. The summed E-state index contributed by atoms with van der Waals surface area (Å²) in [5.41, 5.74) is 2.08. The summed E-state index contributed by atoms with van der Waals surface area (Å²) in [5.74, 6) is 0.677. The zero-order chi connectivity index (χ0) is 14.7. The Balaban J connectivity index is 1.61. The zero-order valence-electron chi connectivity index (χ0n) is 11.5. The molecule has 3 rings (SSSR count). The molecule has 4 heteroatoms. The van der Waals surface area contributed by atoms with E-state index in [1.165, 1.54) is 0 Å². The van der Waals surface area contributed by atoms with E-state index >= 15 is 0 Å². The maximum absolute atomic E-state index is 12.2. The number of ether oxygens (including phenoxy) is 1. The molecule has 3 nitrogen and oxygen atoms in total. The second kappa shape index (κ2) is 6.19. The second-order valence-corrected chi connectivity index (χ2v) is 5.60. The van der Waals surface area contributed by atoms with Crippen LogP contribution in [0.15, 0.2) is 48.5 Å². The minimum absolute atomic E-state index is 0.0180. The first-order valence-corrected chi connectivity index (χ1v) is 7.33. The van der Waals surface area contributed by atoms with Gasteiger partial charge in [0.2, 0.25) is 5.91 Å². The molecule has 1 heterocycles. The largest absolute Gasteiger partial charge is 0.492 e. The number of carbonyl (C=O) groups excluding carboxylic acids is 1. The first-order valence-electron chi connectivity index (χ1n) is 6.95. The molecule has 1 N–H and O–H groups in total. The quantitative estimate of drug-likeness (QED) is 0.945. The van der Waals surface area contributed by atoms with Crippen molar-refractivity contribution in [3.8, 4) is 5.75 Å². The van der Waals surface area contributed by atoms with Gasteiger partial charge in [0, 0.05) is 11.6 Å². The van der Waals surface area contributed by atoms with Crippen LogP contribution in [0.25, 0.3) is 0 Å². The van der Waals surface area contributed by atoms with Gasteiger partial charge in [0.15, 0.2) is 0 Å². The molecule has 0 spiro atoms. The van der Waals surface area contributed by atoms with E-state index in [1.807, 2.05) is 42.5 Å². The van der Waals surface area contributed by atoms with Crippen LogP contribution in [0.5, 0.6) is 5.75 Å². The summed E-state index contributed by atoms with van der Waals surface area (Å²) >= 11 is 5.99. The van der Waals surface area contributed by atoms with E-state index < -0.39 is 0 Å². The number of carbonyl (C=O) groups is 1. The van der Waals surface area contributed by atoms with E-state index in [0.717, 1.165) is 16.9 Å². The van der Waals surface area contributed by atoms with Crippen molar-refractivity contribution < 1.29 is 9.53 Å². The van der Waals surface area contributed by atoms with E-state index in [2.05, 4.69) is 5.32 Å². The molecule has 1 aliphatic heterocycles. The van der Waals surface area contributed by atoms with Gasteiger partial charge in [-0.1, -0.05) is 41.9 Å². The average Bonchev–Trinajstić information content (AvgIpc) is 2.53. The van der Waals surface area contributed by atoms with Crippen molar-refractivity contribution in [2.75, 3.05) is 6.61 Å². The highest BCUT2D eigenvalue weighted by atomic mass is 35.5. The number of fused-ring (bicyclic) bond motifs is 1. The zero-order valence-corrected chi connectivity index (χ0v) is 12.3. The van der Waals surface area contributed by atoms with Gasteiger partial charge < -0.3 is 10.1 Å². The lowest BCUT2D eigenvalue weighted by atomic mass is 9.96. The van der Waals surface area contributed by atoms with Crippen LogP contribution in [-0.2, 0) is 17.8 Å². The van der Waals surface area contributed by atoms with Crippen LogP contribution in [0, 0.1) is 5.92 Å². The molecule has 0 aromatic heterocycles. The molecule has 1 aliphatic rings. The molecule has 0 bridgehead atoms. The Morgan fingerprint density at radius 1 is 1.24 bits per heavy atom. The van der Waals surface area contributed by atoms with Crippen LogP contribution >= 0.6 is 11.6 Å². The van der Waals surface area contributed by atoms with Gasteiger partial charge in [-0.2, -0.15) is 0 Å². The predicted molar refractivity (Wildman–Crippen MR) is 82.4 cm³/mol. The SMILES string of the molecule is O=C(NCc1ccccc1)[C@@H]1COc2ccc(Cl)cc2C1. The second-order valence-electron chi connectivity index (χ2n) is 5.17. The Labute approximate surface area is 128 Å². The summed E-state index contributed by atoms with van der Waals surface area (Å²) in [7, 11) is 0. The molecule has 0 saturated heterocycles. The van der Waals surface area contributed by atoms with Crippen molar-refractivity contribution in [3.63, 3.8) is 0 Å². The van der Waals surface area contributed by atoms with E-state index in [-0.39, 0.29) is 11.8 Å². The van der Waals surface area contributed by atoms with Crippen molar-refractivity contribution in [2.45, 2.75) is 13.0 Å². The van der Waals surface area contributed by atoms with Gasteiger partial charge in [0.1, 0.15) is 12.4 Å². The molecule has 21 heavy (non-hydrogen) atoms. The number of hydrogen-bond acceptors (Lipinski definition) is 2. The molecule has 0 fully saturated rings. The predicted octanol–water partition coefficient (Wildman–Crippen LogP) is 3.21. The molecule has 0 unspecified atom stereocenters. The fraction of sp³-hybridized carbons (Fsp3) is 0.235. The van der Waals surface area contributed by atoms with Gasteiger partial charge >= 0.3 is 0 Å². The maximum Gasteiger partial charge on any atom is 0.227 e. The topological polar surface area (TPSA) is 38.3 Å².